The van der Waals surface area contributed by atoms with Crippen molar-refractivity contribution >= 4 is 11.8 Å². The first-order valence-electron chi connectivity index (χ1n) is 10.4. The Morgan fingerprint density at radius 3 is 2.70 bits per heavy atom. The molecule has 0 bridgehead atoms. The normalized spacial score (nSPS) is 19.5. The fourth-order valence-electron chi connectivity index (χ4n) is 4.33. The van der Waals surface area contributed by atoms with Gasteiger partial charge in [0.05, 0.1) is 0 Å². The first-order valence-corrected chi connectivity index (χ1v) is 10.4. The Morgan fingerprint density at radius 2 is 2.00 bits per heavy atom. The van der Waals surface area contributed by atoms with Crippen molar-refractivity contribution in [3.8, 4) is 0 Å². The topological polar surface area (TPSA) is 61.8 Å². The van der Waals surface area contributed by atoms with Gasteiger partial charge in [0.25, 0.3) is 0 Å². The summed E-state index contributed by atoms with van der Waals surface area (Å²) in [6.45, 7) is 4.80. The van der Waals surface area contributed by atoms with Gasteiger partial charge in [-0.25, -0.2) is 4.98 Å². The molecule has 3 rings (SSSR count). The van der Waals surface area contributed by atoms with E-state index in [1.54, 1.807) is 7.11 Å². The number of methoxy groups -OCH3 is 1. The third-order valence-electron chi connectivity index (χ3n) is 6.06. The molecule has 2 N–H and O–H groups in total. The summed E-state index contributed by atoms with van der Waals surface area (Å²) in [6.07, 6.45) is 10.8. The van der Waals surface area contributed by atoms with Crippen molar-refractivity contribution in [1.82, 2.24) is 15.6 Å². The molecular weight excluding hydrogens is 338 g/mol. The molecule has 1 aromatic heterocycles. The van der Waals surface area contributed by atoms with Gasteiger partial charge in [0.1, 0.15) is 5.82 Å². The van der Waals surface area contributed by atoms with Gasteiger partial charge in [-0.3, -0.25) is 4.99 Å². The molecule has 1 saturated carbocycles. The van der Waals surface area contributed by atoms with E-state index in [1.807, 2.05) is 13.2 Å². The summed E-state index contributed by atoms with van der Waals surface area (Å²) in [5, 5.41) is 7.02. The van der Waals surface area contributed by atoms with Crippen LogP contribution in [0.2, 0.25) is 0 Å². The number of rotatable bonds is 8. The van der Waals surface area contributed by atoms with Crippen LogP contribution in [0, 0.1) is 5.41 Å². The standard InChI is InChI=1S/C21H35N5O/c1-22-20(25-17-21(10-14-27-2)8-3-4-9-21)24-16-18-7-11-23-19(15-18)26-12-5-6-13-26/h7,11,15H,3-6,8-10,12-14,16-17H2,1-2H3,(H2,22,24,25). The summed E-state index contributed by atoms with van der Waals surface area (Å²) in [5.41, 5.74) is 1.59. The maximum absolute atomic E-state index is 5.34. The molecule has 6 heteroatoms. The lowest BCUT2D eigenvalue weighted by molar-refractivity contribution is 0.138. The monoisotopic (exact) mass is 373 g/mol. The van der Waals surface area contributed by atoms with Crippen LogP contribution in [0.4, 0.5) is 5.82 Å². The minimum Gasteiger partial charge on any atom is -0.385 e. The summed E-state index contributed by atoms with van der Waals surface area (Å²) in [6, 6.07) is 4.28. The molecule has 1 aliphatic carbocycles. The quantitative estimate of drug-likeness (QED) is 0.542. The Hall–Kier alpha value is -1.82. The van der Waals surface area contributed by atoms with Crippen LogP contribution in [0.25, 0.3) is 0 Å². The Labute approximate surface area is 163 Å². The van der Waals surface area contributed by atoms with Gasteiger partial charge in [-0.05, 0) is 55.2 Å². The van der Waals surface area contributed by atoms with Gasteiger partial charge in [-0.1, -0.05) is 12.8 Å². The van der Waals surface area contributed by atoms with Crippen molar-refractivity contribution in [3.05, 3.63) is 23.9 Å². The summed E-state index contributed by atoms with van der Waals surface area (Å²) in [4.78, 5) is 11.3. The number of anilines is 1. The van der Waals surface area contributed by atoms with Crippen molar-refractivity contribution in [2.24, 2.45) is 10.4 Å². The molecule has 0 aromatic carbocycles. The van der Waals surface area contributed by atoms with E-state index in [1.165, 1.54) is 44.1 Å². The van der Waals surface area contributed by atoms with E-state index in [0.717, 1.165) is 51.0 Å². The highest BCUT2D eigenvalue weighted by atomic mass is 16.5. The number of aromatic nitrogens is 1. The maximum Gasteiger partial charge on any atom is 0.191 e. The zero-order valence-corrected chi connectivity index (χ0v) is 17.0. The first-order chi connectivity index (χ1) is 13.2. The van der Waals surface area contributed by atoms with E-state index in [0.29, 0.717) is 5.41 Å². The summed E-state index contributed by atoms with van der Waals surface area (Å²) < 4.78 is 5.34. The average Bonchev–Trinajstić information content (AvgIpc) is 3.40. The van der Waals surface area contributed by atoms with Crippen molar-refractivity contribution in [2.75, 3.05) is 45.3 Å². The van der Waals surface area contributed by atoms with E-state index in [2.05, 4.69) is 37.6 Å². The minimum atomic E-state index is 0.354. The van der Waals surface area contributed by atoms with Gasteiger partial charge in [0.2, 0.25) is 0 Å². The number of guanidine groups is 1. The van der Waals surface area contributed by atoms with E-state index < -0.39 is 0 Å². The molecule has 27 heavy (non-hydrogen) atoms. The van der Waals surface area contributed by atoms with Crippen molar-refractivity contribution in [3.63, 3.8) is 0 Å². The van der Waals surface area contributed by atoms with Gasteiger partial charge >= 0.3 is 0 Å². The second-order valence-electron chi connectivity index (χ2n) is 7.95. The predicted molar refractivity (Wildman–Crippen MR) is 111 cm³/mol. The number of aliphatic imine (C=N–C) groups is 1. The van der Waals surface area contributed by atoms with E-state index in [9.17, 15) is 0 Å². The second-order valence-corrected chi connectivity index (χ2v) is 7.95. The van der Waals surface area contributed by atoms with Crippen LogP contribution in [0.5, 0.6) is 0 Å². The Bertz CT molecular complexity index is 606. The molecule has 2 fully saturated rings. The molecule has 0 radical (unpaired) electrons. The van der Waals surface area contributed by atoms with E-state index in [4.69, 9.17) is 4.74 Å². The number of ether oxygens (including phenoxy) is 1. The summed E-state index contributed by atoms with van der Waals surface area (Å²) in [7, 11) is 3.63. The smallest absolute Gasteiger partial charge is 0.191 e. The first kappa shape index (κ1) is 19.9. The van der Waals surface area contributed by atoms with Crippen LogP contribution >= 0.6 is 0 Å². The predicted octanol–water partition coefficient (Wildman–Crippen LogP) is 2.94. The van der Waals surface area contributed by atoms with Crippen LogP contribution in [0.15, 0.2) is 23.3 Å². The Kier molecular flexibility index (Phi) is 7.33. The molecular formula is C21H35N5O. The Balaban J connectivity index is 1.51. The number of nitrogens with one attached hydrogen (secondary N) is 2. The van der Waals surface area contributed by atoms with Crippen molar-refractivity contribution in [2.45, 2.75) is 51.5 Å². The van der Waals surface area contributed by atoms with Crippen LogP contribution in [-0.2, 0) is 11.3 Å². The van der Waals surface area contributed by atoms with Crippen LogP contribution in [0.3, 0.4) is 0 Å². The molecule has 0 unspecified atom stereocenters. The average molecular weight is 374 g/mol. The van der Waals surface area contributed by atoms with Crippen molar-refractivity contribution in [1.29, 1.82) is 0 Å². The SMILES string of the molecule is CN=C(NCc1ccnc(N2CCCC2)c1)NCC1(CCOC)CCCC1. The van der Waals surface area contributed by atoms with E-state index >= 15 is 0 Å². The van der Waals surface area contributed by atoms with Gasteiger partial charge in [0.15, 0.2) is 5.96 Å². The molecule has 0 amide bonds. The third-order valence-corrected chi connectivity index (χ3v) is 6.06. The van der Waals surface area contributed by atoms with E-state index in [-0.39, 0.29) is 0 Å². The largest absolute Gasteiger partial charge is 0.385 e. The van der Waals surface area contributed by atoms with Gasteiger partial charge in [-0.15, -0.1) is 0 Å². The molecule has 6 nitrogen and oxygen atoms in total. The highest BCUT2D eigenvalue weighted by Gasteiger charge is 2.33. The van der Waals surface area contributed by atoms with Crippen molar-refractivity contribution < 1.29 is 4.74 Å². The molecule has 0 spiro atoms. The fourth-order valence-corrected chi connectivity index (χ4v) is 4.33. The lowest BCUT2D eigenvalue weighted by Gasteiger charge is -2.30. The number of hydrogen-bond acceptors (Lipinski definition) is 4. The zero-order valence-electron chi connectivity index (χ0n) is 17.0. The Morgan fingerprint density at radius 1 is 1.22 bits per heavy atom. The molecule has 1 aromatic rings. The highest BCUT2D eigenvalue weighted by molar-refractivity contribution is 5.79. The van der Waals surface area contributed by atoms with Crippen LogP contribution in [-0.4, -0.2) is 51.3 Å². The van der Waals surface area contributed by atoms with Crippen LogP contribution in [0.1, 0.15) is 50.5 Å². The molecule has 150 valence electrons. The molecule has 2 aliphatic rings. The molecule has 2 heterocycles. The maximum atomic E-state index is 5.34. The number of nitrogens with zero attached hydrogens (tertiary/aromatic N) is 3. The molecule has 1 aliphatic heterocycles. The lowest BCUT2D eigenvalue weighted by atomic mass is 9.83. The number of hydrogen-bond donors (Lipinski definition) is 2. The zero-order chi connectivity index (χ0) is 19.0. The summed E-state index contributed by atoms with van der Waals surface area (Å²) in [5.74, 6) is 1.97. The fraction of sp³-hybridized carbons (Fsp3) is 0.714. The van der Waals surface area contributed by atoms with Gasteiger partial charge in [0, 0.05) is 53.1 Å². The van der Waals surface area contributed by atoms with Gasteiger partial charge < -0.3 is 20.3 Å². The molecule has 0 atom stereocenters. The number of pyridine rings is 1. The minimum absolute atomic E-state index is 0.354. The highest BCUT2D eigenvalue weighted by Crippen LogP contribution is 2.40. The van der Waals surface area contributed by atoms with Gasteiger partial charge in [-0.2, -0.15) is 0 Å². The third kappa shape index (κ3) is 5.58. The molecule has 1 saturated heterocycles. The van der Waals surface area contributed by atoms with Crippen LogP contribution < -0.4 is 15.5 Å². The summed E-state index contributed by atoms with van der Waals surface area (Å²) >= 11 is 0. The lowest BCUT2D eigenvalue weighted by Crippen LogP contribution is -2.43. The second kappa shape index (κ2) is 9.93.